The SMILES string of the molecule is COc1ccc2c(c1)[N]N=N2. The van der Waals surface area contributed by atoms with Crippen molar-refractivity contribution in [3.8, 4) is 5.75 Å². The molecular formula is C7H6N3O. The lowest BCUT2D eigenvalue weighted by Gasteiger charge is -1.98. The van der Waals surface area contributed by atoms with E-state index in [-0.39, 0.29) is 0 Å². The molecule has 0 N–H and O–H groups in total. The quantitative estimate of drug-likeness (QED) is 0.600. The molecule has 0 amide bonds. The van der Waals surface area contributed by atoms with Gasteiger partial charge in [-0.1, -0.05) is 0 Å². The number of nitrogens with zero attached hydrogens (tertiary/aromatic N) is 3. The Balaban J connectivity index is 2.45. The zero-order chi connectivity index (χ0) is 7.68. The molecule has 0 atom stereocenters. The monoisotopic (exact) mass is 148 g/mol. The molecule has 11 heavy (non-hydrogen) atoms. The van der Waals surface area contributed by atoms with Gasteiger partial charge in [-0.15, -0.1) is 10.5 Å². The summed E-state index contributed by atoms with van der Waals surface area (Å²) in [7, 11) is 1.62. The number of hydrogen-bond donors (Lipinski definition) is 0. The van der Waals surface area contributed by atoms with Gasteiger partial charge in [-0.3, -0.25) is 0 Å². The smallest absolute Gasteiger partial charge is 0.121 e. The van der Waals surface area contributed by atoms with Crippen LogP contribution in [0.15, 0.2) is 28.5 Å². The molecule has 0 fully saturated rings. The lowest BCUT2D eigenvalue weighted by Crippen LogP contribution is -1.83. The van der Waals surface area contributed by atoms with Gasteiger partial charge in [0.15, 0.2) is 0 Å². The Hall–Kier alpha value is -1.58. The molecule has 2 rings (SSSR count). The first-order valence-electron chi connectivity index (χ1n) is 3.20. The molecule has 1 aliphatic heterocycles. The van der Waals surface area contributed by atoms with Gasteiger partial charge in [0.25, 0.3) is 0 Å². The van der Waals surface area contributed by atoms with Gasteiger partial charge in [-0.2, -0.15) is 0 Å². The summed E-state index contributed by atoms with van der Waals surface area (Å²) < 4.78 is 5.00. The van der Waals surface area contributed by atoms with E-state index < -0.39 is 0 Å². The number of hydrogen-bond acceptors (Lipinski definition) is 3. The minimum atomic E-state index is 0.768. The summed E-state index contributed by atoms with van der Waals surface area (Å²) >= 11 is 0. The lowest BCUT2D eigenvalue weighted by atomic mass is 10.2. The second-order valence-electron chi connectivity index (χ2n) is 2.14. The summed E-state index contributed by atoms with van der Waals surface area (Å²) in [5.74, 6) is 0.778. The normalized spacial score (nSPS) is 12.5. The fourth-order valence-electron chi connectivity index (χ4n) is 0.914. The Labute approximate surface area is 63.9 Å². The van der Waals surface area contributed by atoms with Crippen molar-refractivity contribution in [2.45, 2.75) is 0 Å². The van der Waals surface area contributed by atoms with E-state index in [4.69, 9.17) is 4.74 Å². The highest BCUT2D eigenvalue weighted by Gasteiger charge is 2.09. The van der Waals surface area contributed by atoms with Crippen molar-refractivity contribution in [3.05, 3.63) is 18.2 Å². The van der Waals surface area contributed by atoms with Crippen LogP contribution in [0.3, 0.4) is 0 Å². The van der Waals surface area contributed by atoms with Gasteiger partial charge in [0.1, 0.15) is 17.1 Å². The third-order valence-corrected chi connectivity index (χ3v) is 1.49. The van der Waals surface area contributed by atoms with Crippen molar-refractivity contribution >= 4 is 11.4 Å². The van der Waals surface area contributed by atoms with E-state index in [0.29, 0.717) is 0 Å². The number of rotatable bonds is 1. The Bertz CT molecular complexity index is 309. The largest absolute Gasteiger partial charge is 0.497 e. The fraction of sp³-hybridized carbons (Fsp3) is 0.143. The molecule has 4 heteroatoms. The molecule has 0 saturated heterocycles. The highest BCUT2D eigenvalue weighted by molar-refractivity contribution is 5.64. The van der Waals surface area contributed by atoms with E-state index in [1.807, 2.05) is 12.1 Å². The maximum absolute atomic E-state index is 5.00. The van der Waals surface area contributed by atoms with Crippen molar-refractivity contribution < 1.29 is 4.74 Å². The number of methoxy groups -OCH3 is 1. The van der Waals surface area contributed by atoms with Crippen LogP contribution in [0.2, 0.25) is 0 Å². The molecule has 4 nitrogen and oxygen atoms in total. The van der Waals surface area contributed by atoms with E-state index in [9.17, 15) is 0 Å². The summed E-state index contributed by atoms with van der Waals surface area (Å²) in [5, 5.41) is 7.30. The van der Waals surface area contributed by atoms with Crippen LogP contribution in [-0.4, -0.2) is 7.11 Å². The first-order valence-corrected chi connectivity index (χ1v) is 3.20. The second-order valence-corrected chi connectivity index (χ2v) is 2.14. The minimum Gasteiger partial charge on any atom is -0.497 e. The van der Waals surface area contributed by atoms with Crippen LogP contribution in [0.4, 0.5) is 11.4 Å². The summed E-state index contributed by atoms with van der Waals surface area (Å²) in [5.41, 5.74) is 5.35. The predicted octanol–water partition coefficient (Wildman–Crippen LogP) is 1.94. The molecule has 1 aliphatic rings. The van der Waals surface area contributed by atoms with Crippen LogP contribution in [0, 0.1) is 0 Å². The maximum Gasteiger partial charge on any atom is 0.121 e. The van der Waals surface area contributed by atoms with Gasteiger partial charge in [0, 0.05) is 6.07 Å². The third-order valence-electron chi connectivity index (χ3n) is 1.49. The average Bonchev–Trinajstić information content (AvgIpc) is 2.50. The van der Waals surface area contributed by atoms with Crippen LogP contribution in [0.1, 0.15) is 0 Å². The Morgan fingerprint density at radius 1 is 1.27 bits per heavy atom. The first kappa shape index (κ1) is 6.15. The van der Waals surface area contributed by atoms with E-state index in [1.54, 1.807) is 13.2 Å². The molecule has 0 aliphatic carbocycles. The van der Waals surface area contributed by atoms with Crippen LogP contribution in [0.5, 0.6) is 5.75 Å². The van der Waals surface area contributed by atoms with E-state index >= 15 is 0 Å². The summed E-state index contributed by atoms with van der Waals surface area (Å²) in [4.78, 5) is 0. The molecule has 0 bridgehead atoms. The molecule has 1 heterocycles. The Kier molecular flexibility index (Phi) is 1.25. The number of benzene rings is 1. The number of fused-ring (bicyclic) bond motifs is 1. The molecule has 1 radical (unpaired) electrons. The summed E-state index contributed by atoms with van der Waals surface area (Å²) in [6, 6.07) is 5.46. The van der Waals surface area contributed by atoms with Crippen LogP contribution in [-0.2, 0) is 0 Å². The summed E-state index contributed by atoms with van der Waals surface area (Å²) in [6.07, 6.45) is 0. The van der Waals surface area contributed by atoms with Gasteiger partial charge in [-0.05, 0) is 17.4 Å². The van der Waals surface area contributed by atoms with Gasteiger partial charge in [0.05, 0.1) is 7.11 Å². The minimum absolute atomic E-state index is 0.768. The molecule has 0 aromatic heterocycles. The van der Waals surface area contributed by atoms with Gasteiger partial charge in [0.2, 0.25) is 0 Å². The number of ether oxygens (including phenoxy) is 1. The van der Waals surface area contributed by atoms with Gasteiger partial charge >= 0.3 is 0 Å². The van der Waals surface area contributed by atoms with Crippen LogP contribution in [0.25, 0.3) is 0 Å². The van der Waals surface area contributed by atoms with Crippen molar-refractivity contribution in [1.29, 1.82) is 0 Å². The zero-order valence-corrected chi connectivity index (χ0v) is 5.98. The average molecular weight is 148 g/mol. The summed E-state index contributed by atoms with van der Waals surface area (Å²) in [6.45, 7) is 0. The Morgan fingerprint density at radius 3 is 3.00 bits per heavy atom. The van der Waals surface area contributed by atoms with E-state index in [1.165, 1.54) is 0 Å². The van der Waals surface area contributed by atoms with Crippen molar-refractivity contribution in [1.82, 2.24) is 5.43 Å². The van der Waals surface area contributed by atoms with Crippen molar-refractivity contribution in [2.24, 2.45) is 10.3 Å². The highest BCUT2D eigenvalue weighted by Crippen LogP contribution is 2.33. The highest BCUT2D eigenvalue weighted by atomic mass is 16.5. The first-order chi connectivity index (χ1) is 5.40. The third kappa shape index (κ3) is 0.920. The Morgan fingerprint density at radius 2 is 2.18 bits per heavy atom. The van der Waals surface area contributed by atoms with Gasteiger partial charge < -0.3 is 4.74 Å². The molecule has 0 spiro atoms. The van der Waals surface area contributed by atoms with Crippen molar-refractivity contribution in [3.63, 3.8) is 0 Å². The standard InChI is InChI=1S/C7H6N3O/c1-11-5-2-3-6-7(4-5)9-10-8-6/h2-4H,1H3. The molecule has 0 saturated carbocycles. The molecular weight excluding hydrogens is 142 g/mol. The molecule has 1 aromatic rings. The zero-order valence-electron chi connectivity index (χ0n) is 5.98. The molecule has 55 valence electrons. The second kappa shape index (κ2) is 2.23. The van der Waals surface area contributed by atoms with E-state index in [2.05, 4.69) is 15.8 Å². The van der Waals surface area contributed by atoms with Crippen LogP contribution >= 0.6 is 0 Å². The fourth-order valence-corrected chi connectivity index (χ4v) is 0.914. The van der Waals surface area contributed by atoms with Crippen molar-refractivity contribution in [2.75, 3.05) is 7.11 Å². The molecule has 0 unspecified atom stereocenters. The van der Waals surface area contributed by atoms with Gasteiger partial charge in [-0.25, -0.2) is 0 Å². The molecule has 1 aromatic carbocycles. The maximum atomic E-state index is 5.00. The van der Waals surface area contributed by atoms with Crippen LogP contribution < -0.4 is 10.2 Å². The van der Waals surface area contributed by atoms with E-state index in [0.717, 1.165) is 17.1 Å². The predicted molar refractivity (Wildman–Crippen MR) is 39.3 cm³/mol. The lowest BCUT2D eigenvalue weighted by molar-refractivity contribution is 0.415. The topological polar surface area (TPSA) is 48.0 Å².